The number of carbonyl (C=O) groups is 2. The van der Waals surface area contributed by atoms with Crippen LogP contribution in [0, 0.1) is 0 Å². The fraction of sp³-hybridized carbons (Fsp3) is 0. The summed E-state index contributed by atoms with van der Waals surface area (Å²) >= 11 is 3.52. The van der Waals surface area contributed by atoms with Crippen molar-refractivity contribution in [3.8, 4) is 0 Å². The van der Waals surface area contributed by atoms with E-state index >= 15 is 0 Å². The van der Waals surface area contributed by atoms with Gasteiger partial charge in [-0.25, -0.2) is 4.79 Å². The van der Waals surface area contributed by atoms with E-state index in [0.29, 0.717) is 25.7 Å². The van der Waals surface area contributed by atoms with Crippen LogP contribution in [0.2, 0.25) is 0 Å². The second-order valence-corrected chi connectivity index (χ2v) is 4.27. The lowest BCUT2D eigenvalue weighted by Gasteiger charge is -1.96. The van der Waals surface area contributed by atoms with Crippen LogP contribution in [0.4, 0.5) is 0 Å². The summed E-state index contributed by atoms with van der Waals surface area (Å²) in [6.45, 7) is 0. The Bertz CT molecular complexity index is 189. The van der Waals surface area contributed by atoms with Crippen molar-refractivity contribution in [2.75, 3.05) is 0 Å². The fourth-order valence-electron chi connectivity index (χ4n) is 0.321. The molecule has 0 saturated carbocycles. The first kappa shape index (κ1) is 9.66. The van der Waals surface area contributed by atoms with Gasteiger partial charge in [0.25, 0.3) is 0 Å². The summed E-state index contributed by atoms with van der Waals surface area (Å²) in [5, 5.41) is 8.63. The van der Waals surface area contributed by atoms with Crippen LogP contribution in [0.3, 0.4) is 0 Å². The summed E-state index contributed by atoms with van der Waals surface area (Å²) < 4.78 is 0. The van der Waals surface area contributed by atoms with Crippen LogP contribution in [0.1, 0.15) is 0 Å². The predicted octanol–water partition coefficient (Wildman–Crippen LogP) is -2.53. The van der Waals surface area contributed by atoms with E-state index in [-0.39, 0.29) is 5.20 Å². The normalized spacial score (nSPS) is 12.9. The highest BCUT2D eigenvalue weighted by molar-refractivity contribution is 7.97. The van der Waals surface area contributed by atoms with Crippen LogP contribution in [-0.2, 0) is 9.59 Å². The first-order valence-corrected chi connectivity index (χ1v) is 5.05. The van der Waals surface area contributed by atoms with E-state index in [4.69, 9.17) is 5.11 Å². The average Bonchev–Trinajstić information content (AvgIpc) is 1.84. The molecule has 0 aliphatic rings. The van der Waals surface area contributed by atoms with Gasteiger partial charge in [0.2, 0.25) is 5.12 Å². The smallest absolute Gasteiger partial charge is 0.326 e. The number of hydrogen-bond donors (Lipinski definition) is 2. The second-order valence-electron chi connectivity index (χ2n) is 1.86. The maximum atomic E-state index is 10.5. The van der Waals surface area contributed by atoms with E-state index in [1.807, 2.05) is 0 Å². The summed E-state index contributed by atoms with van der Waals surface area (Å²) in [7, 11) is 0.863. The molecule has 0 aliphatic carbocycles. The topological polar surface area (TPSA) is 54.4 Å². The Morgan fingerprint density at radius 3 is 1.70 bits per heavy atom. The van der Waals surface area contributed by atoms with Crippen LogP contribution >= 0.6 is 12.6 Å². The van der Waals surface area contributed by atoms with E-state index in [9.17, 15) is 9.59 Å². The zero-order valence-electron chi connectivity index (χ0n) is 5.71. The lowest BCUT2D eigenvalue weighted by atomic mass is 10.5. The molecule has 0 aromatic carbocycles. The molecule has 0 amide bonds. The minimum Gasteiger partial charge on any atom is -0.478 e. The van der Waals surface area contributed by atoms with Crippen molar-refractivity contribution in [3.63, 3.8) is 0 Å². The zero-order valence-corrected chi connectivity index (χ0v) is 10.6. The van der Waals surface area contributed by atoms with E-state index in [2.05, 4.69) is 12.6 Å². The number of carboxylic acids is 1. The molecule has 3 nitrogen and oxygen atoms in total. The van der Waals surface area contributed by atoms with Crippen LogP contribution in [0.15, 0.2) is 10.4 Å². The van der Waals surface area contributed by atoms with Gasteiger partial charge >= 0.3 is 5.97 Å². The Kier molecular flexibility index (Phi) is 3.61. The highest BCUT2D eigenvalue weighted by atomic mass is 32.1. The van der Waals surface area contributed by atoms with E-state index < -0.39 is 11.1 Å². The third kappa shape index (κ3) is 2.50. The SMILES string of the molecule is O=C(O)/C([SiH3])=C(\[SiH3])C(=O)S. The van der Waals surface area contributed by atoms with Crippen LogP contribution in [0.5, 0.6) is 0 Å². The molecule has 0 atom stereocenters. The molecule has 0 spiro atoms. The van der Waals surface area contributed by atoms with Gasteiger partial charge in [-0.05, 0) is 5.20 Å². The van der Waals surface area contributed by atoms with Crippen molar-refractivity contribution in [1.29, 1.82) is 0 Å². The lowest BCUT2D eigenvalue weighted by Crippen LogP contribution is -2.08. The zero-order chi connectivity index (χ0) is 8.31. The monoisotopic (exact) mass is 192 g/mol. The van der Waals surface area contributed by atoms with Gasteiger partial charge < -0.3 is 5.11 Å². The number of hydrogen-bond acceptors (Lipinski definition) is 2. The van der Waals surface area contributed by atoms with Gasteiger partial charge in [-0.3, -0.25) is 4.79 Å². The molecule has 0 rings (SSSR count). The summed E-state index contributed by atoms with van der Waals surface area (Å²) in [5.41, 5.74) is 0. The standard InChI is InChI=1S/C4H8O3SSi2/c5-3(6)1(9)2(10)4(7)8/h9-10H3,(H,5,6)(H,7,8)/b2-1+. The summed E-state index contributed by atoms with van der Waals surface area (Å²) in [5.74, 6) is -0.987. The lowest BCUT2D eigenvalue weighted by molar-refractivity contribution is -0.132. The van der Waals surface area contributed by atoms with Crippen LogP contribution < -0.4 is 0 Å². The van der Waals surface area contributed by atoms with Gasteiger partial charge in [0.1, 0.15) is 0 Å². The molecule has 0 fully saturated rings. The number of carbonyl (C=O) groups excluding carboxylic acids is 1. The highest BCUT2D eigenvalue weighted by Gasteiger charge is 2.07. The largest absolute Gasteiger partial charge is 0.478 e. The minimum atomic E-state index is -0.987. The summed E-state index contributed by atoms with van der Waals surface area (Å²) in [4.78, 5) is 20.7. The first-order chi connectivity index (χ1) is 4.46. The molecule has 10 heavy (non-hydrogen) atoms. The van der Waals surface area contributed by atoms with E-state index in [0.717, 1.165) is 0 Å². The number of carboxylic acid groups (broad SMARTS) is 1. The fourth-order valence-corrected chi connectivity index (χ4v) is 1.14. The number of aliphatic carboxylic acids is 1. The van der Waals surface area contributed by atoms with Crippen molar-refractivity contribution in [1.82, 2.24) is 0 Å². The third-order valence-electron chi connectivity index (χ3n) is 1.20. The van der Waals surface area contributed by atoms with Crippen molar-refractivity contribution in [2.24, 2.45) is 0 Å². The third-order valence-corrected chi connectivity index (χ3v) is 5.34. The minimum absolute atomic E-state index is 0.242. The van der Waals surface area contributed by atoms with E-state index in [1.54, 1.807) is 0 Å². The number of thiol groups is 1. The van der Waals surface area contributed by atoms with Crippen molar-refractivity contribution < 1.29 is 14.7 Å². The van der Waals surface area contributed by atoms with Gasteiger partial charge in [0, 0.05) is 25.7 Å². The molecule has 0 bridgehead atoms. The molecule has 0 aromatic rings. The Hall–Kier alpha value is -0.336. The van der Waals surface area contributed by atoms with E-state index in [1.165, 1.54) is 0 Å². The Balaban J connectivity index is 4.67. The average molecular weight is 192 g/mol. The van der Waals surface area contributed by atoms with Gasteiger partial charge in [0.15, 0.2) is 0 Å². The molecule has 1 N–H and O–H groups in total. The molecule has 0 unspecified atom stereocenters. The predicted molar refractivity (Wildman–Crippen MR) is 48.5 cm³/mol. The molecule has 6 heteroatoms. The maximum Gasteiger partial charge on any atom is 0.326 e. The summed E-state index contributed by atoms with van der Waals surface area (Å²) in [6.07, 6.45) is 0. The molecule has 0 aromatic heterocycles. The Morgan fingerprint density at radius 1 is 1.20 bits per heavy atom. The molecule has 0 saturated heterocycles. The molecule has 0 radical (unpaired) electrons. The Labute approximate surface area is 69.8 Å². The van der Waals surface area contributed by atoms with Crippen molar-refractivity contribution in [3.05, 3.63) is 10.4 Å². The van der Waals surface area contributed by atoms with Crippen molar-refractivity contribution >= 4 is 44.2 Å². The van der Waals surface area contributed by atoms with Crippen molar-refractivity contribution in [2.45, 2.75) is 0 Å². The highest BCUT2D eigenvalue weighted by Crippen LogP contribution is 1.99. The van der Waals surface area contributed by atoms with Gasteiger partial charge in [-0.2, -0.15) is 0 Å². The Morgan fingerprint density at radius 2 is 1.60 bits per heavy atom. The quantitative estimate of drug-likeness (QED) is 0.288. The number of rotatable bonds is 2. The first-order valence-electron chi connectivity index (χ1n) is 2.61. The molecule has 56 valence electrons. The maximum absolute atomic E-state index is 10.5. The molecule has 0 heterocycles. The van der Waals surface area contributed by atoms with Gasteiger partial charge in [0.05, 0.1) is 0 Å². The molecule has 0 aliphatic heterocycles. The van der Waals surface area contributed by atoms with Crippen LogP contribution in [0.25, 0.3) is 0 Å². The molecular formula is C4H8O3SSi2. The van der Waals surface area contributed by atoms with Gasteiger partial charge in [-0.1, -0.05) is 0 Å². The summed E-state index contributed by atoms with van der Waals surface area (Å²) in [6, 6.07) is 0. The van der Waals surface area contributed by atoms with Crippen LogP contribution in [-0.4, -0.2) is 36.7 Å². The second kappa shape index (κ2) is 3.74. The van der Waals surface area contributed by atoms with Gasteiger partial charge in [-0.15, -0.1) is 12.6 Å². The molecular weight excluding hydrogens is 184 g/mol.